The Balaban J connectivity index is 1.98. The van der Waals surface area contributed by atoms with Crippen molar-refractivity contribution < 1.29 is 4.52 Å². The van der Waals surface area contributed by atoms with Gasteiger partial charge in [-0.3, -0.25) is 4.68 Å². The molecule has 2 rings (SSSR count). The number of nitrogens with zero attached hydrogens (tertiary/aromatic N) is 3. The number of aromatic nitrogens is 3. The second-order valence-corrected chi connectivity index (χ2v) is 4.34. The number of nitrogens with one attached hydrogen (secondary N) is 1. The van der Waals surface area contributed by atoms with Crippen molar-refractivity contribution in [2.75, 3.05) is 0 Å². The van der Waals surface area contributed by atoms with Crippen molar-refractivity contribution >= 4 is 0 Å². The fourth-order valence-corrected chi connectivity index (χ4v) is 1.81. The van der Waals surface area contributed by atoms with Crippen LogP contribution in [0.3, 0.4) is 0 Å². The maximum absolute atomic E-state index is 5.02. The zero-order chi connectivity index (χ0) is 12.4. The highest BCUT2D eigenvalue weighted by atomic mass is 16.5. The summed E-state index contributed by atoms with van der Waals surface area (Å²) in [5, 5.41) is 11.6. The second-order valence-electron chi connectivity index (χ2n) is 4.34. The standard InChI is InChI=1S/C12H18N4O/c1-8-5-11(15-17-8)6-13-9(2)12-7-14-16(4)10(12)3/h5,7,9,13H,6H2,1-4H3/t9-/m1/s1. The lowest BCUT2D eigenvalue weighted by Gasteiger charge is -2.12. The van der Waals surface area contributed by atoms with Crippen molar-refractivity contribution in [1.82, 2.24) is 20.3 Å². The van der Waals surface area contributed by atoms with Gasteiger partial charge in [0.2, 0.25) is 0 Å². The Labute approximate surface area is 101 Å². The molecule has 0 spiro atoms. The molecule has 0 aromatic carbocycles. The summed E-state index contributed by atoms with van der Waals surface area (Å²) in [6.07, 6.45) is 1.90. The highest BCUT2D eigenvalue weighted by Gasteiger charge is 2.12. The molecule has 5 heteroatoms. The van der Waals surface area contributed by atoms with Crippen molar-refractivity contribution in [2.45, 2.75) is 33.4 Å². The fraction of sp³-hybridized carbons (Fsp3) is 0.500. The van der Waals surface area contributed by atoms with Crippen LogP contribution >= 0.6 is 0 Å². The van der Waals surface area contributed by atoms with Gasteiger partial charge >= 0.3 is 0 Å². The number of rotatable bonds is 4. The van der Waals surface area contributed by atoms with Crippen LogP contribution in [0.2, 0.25) is 0 Å². The van der Waals surface area contributed by atoms with Crippen molar-refractivity contribution in [3.05, 3.63) is 35.0 Å². The first-order valence-electron chi connectivity index (χ1n) is 5.72. The van der Waals surface area contributed by atoms with Gasteiger partial charge in [0, 0.05) is 37.0 Å². The Bertz CT molecular complexity index is 500. The van der Waals surface area contributed by atoms with Crippen LogP contribution in [0.5, 0.6) is 0 Å². The van der Waals surface area contributed by atoms with Crippen molar-refractivity contribution in [3.8, 4) is 0 Å². The van der Waals surface area contributed by atoms with Gasteiger partial charge in [0.15, 0.2) is 0 Å². The van der Waals surface area contributed by atoms with Crippen molar-refractivity contribution in [3.63, 3.8) is 0 Å². The highest BCUT2D eigenvalue weighted by molar-refractivity contribution is 5.19. The van der Waals surface area contributed by atoms with Gasteiger partial charge in [-0.2, -0.15) is 5.10 Å². The minimum atomic E-state index is 0.251. The summed E-state index contributed by atoms with van der Waals surface area (Å²) in [4.78, 5) is 0. The molecule has 0 aliphatic carbocycles. The third-order valence-electron chi connectivity index (χ3n) is 3.01. The van der Waals surface area contributed by atoms with Crippen LogP contribution < -0.4 is 5.32 Å². The summed E-state index contributed by atoms with van der Waals surface area (Å²) >= 11 is 0. The lowest BCUT2D eigenvalue weighted by Crippen LogP contribution is -2.18. The van der Waals surface area contributed by atoms with Crippen LogP contribution in [0.4, 0.5) is 0 Å². The maximum Gasteiger partial charge on any atom is 0.133 e. The Kier molecular flexibility index (Phi) is 3.28. The fourth-order valence-electron chi connectivity index (χ4n) is 1.81. The largest absolute Gasteiger partial charge is 0.361 e. The van der Waals surface area contributed by atoms with Crippen LogP contribution in [0, 0.1) is 13.8 Å². The highest BCUT2D eigenvalue weighted by Crippen LogP contribution is 2.16. The van der Waals surface area contributed by atoms with Gasteiger partial charge in [-0.1, -0.05) is 5.16 Å². The lowest BCUT2D eigenvalue weighted by molar-refractivity contribution is 0.386. The molecule has 1 atom stereocenters. The third-order valence-corrected chi connectivity index (χ3v) is 3.01. The van der Waals surface area contributed by atoms with Gasteiger partial charge in [-0.15, -0.1) is 0 Å². The molecule has 0 aliphatic heterocycles. The van der Waals surface area contributed by atoms with Crippen molar-refractivity contribution in [1.29, 1.82) is 0 Å². The van der Waals surface area contributed by atoms with Gasteiger partial charge in [0.1, 0.15) is 5.76 Å². The first kappa shape index (κ1) is 11.9. The quantitative estimate of drug-likeness (QED) is 0.877. The van der Waals surface area contributed by atoms with E-state index in [4.69, 9.17) is 4.52 Å². The molecule has 0 fully saturated rings. The average Bonchev–Trinajstić information content (AvgIpc) is 2.84. The van der Waals surface area contributed by atoms with Gasteiger partial charge in [0.05, 0.1) is 11.9 Å². The molecule has 0 amide bonds. The van der Waals surface area contributed by atoms with Crippen LogP contribution in [-0.4, -0.2) is 14.9 Å². The predicted octanol–water partition coefficient (Wildman–Crippen LogP) is 1.88. The first-order valence-corrected chi connectivity index (χ1v) is 5.72. The molecule has 2 heterocycles. The van der Waals surface area contributed by atoms with Crippen LogP contribution in [0.25, 0.3) is 0 Å². The summed E-state index contributed by atoms with van der Waals surface area (Å²) in [6.45, 7) is 6.79. The van der Waals surface area contributed by atoms with E-state index in [0.717, 1.165) is 11.5 Å². The molecule has 5 nitrogen and oxygen atoms in total. The molecule has 0 bridgehead atoms. The maximum atomic E-state index is 5.02. The Morgan fingerprint density at radius 2 is 2.24 bits per heavy atom. The first-order chi connectivity index (χ1) is 8.08. The number of hydrogen-bond donors (Lipinski definition) is 1. The van der Waals surface area contributed by atoms with E-state index in [-0.39, 0.29) is 6.04 Å². The second kappa shape index (κ2) is 4.71. The van der Waals surface area contributed by atoms with Crippen LogP contribution in [-0.2, 0) is 13.6 Å². The monoisotopic (exact) mass is 234 g/mol. The molecule has 0 unspecified atom stereocenters. The van der Waals surface area contributed by atoms with E-state index in [1.807, 2.05) is 30.9 Å². The van der Waals surface area contributed by atoms with Gasteiger partial charge in [-0.05, 0) is 20.8 Å². The molecule has 0 saturated heterocycles. The molecule has 17 heavy (non-hydrogen) atoms. The molecular weight excluding hydrogens is 216 g/mol. The summed E-state index contributed by atoms with van der Waals surface area (Å²) in [6, 6.07) is 2.19. The summed E-state index contributed by atoms with van der Waals surface area (Å²) in [5.41, 5.74) is 3.32. The van der Waals surface area contributed by atoms with Crippen LogP contribution in [0.1, 0.15) is 35.7 Å². The van der Waals surface area contributed by atoms with Crippen molar-refractivity contribution in [2.24, 2.45) is 7.05 Å². The van der Waals surface area contributed by atoms with E-state index in [2.05, 4.69) is 29.4 Å². The van der Waals surface area contributed by atoms with Gasteiger partial charge < -0.3 is 9.84 Å². The molecule has 0 radical (unpaired) electrons. The molecule has 2 aromatic rings. The Morgan fingerprint density at radius 1 is 1.47 bits per heavy atom. The van der Waals surface area contributed by atoms with E-state index in [1.165, 1.54) is 11.3 Å². The van der Waals surface area contributed by atoms with E-state index in [1.54, 1.807) is 0 Å². The number of hydrogen-bond acceptors (Lipinski definition) is 4. The molecule has 0 aliphatic rings. The van der Waals surface area contributed by atoms with E-state index >= 15 is 0 Å². The average molecular weight is 234 g/mol. The van der Waals surface area contributed by atoms with Gasteiger partial charge in [-0.25, -0.2) is 0 Å². The molecule has 2 aromatic heterocycles. The molecule has 0 saturated carbocycles. The Hall–Kier alpha value is -1.62. The topological polar surface area (TPSA) is 55.9 Å². The van der Waals surface area contributed by atoms with Crippen LogP contribution in [0.15, 0.2) is 16.8 Å². The predicted molar refractivity (Wildman–Crippen MR) is 64.4 cm³/mol. The summed E-state index contributed by atoms with van der Waals surface area (Å²) in [5.74, 6) is 0.840. The van der Waals surface area contributed by atoms with E-state index in [9.17, 15) is 0 Å². The van der Waals surface area contributed by atoms with E-state index < -0.39 is 0 Å². The zero-order valence-corrected chi connectivity index (χ0v) is 10.7. The molecule has 92 valence electrons. The molecular formula is C12H18N4O. The number of aryl methyl sites for hydroxylation is 2. The Morgan fingerprint density at radius 3 is 2.76 bits per heavy atom. The lowest BCUT2D eigenvalue weighted by atomic mass is 10.1. The zero-order valence-electron chi connectivity index (χ0n) is 10.7. The third kappa shape index (κ3) is 2.55. The molecule has 1 N–H and O–H groups in total. The SMILES string of the molecule is Cc1cc(CN[C@H](C)c2cnn(C)c2C)no1. The normalized spacial score (nSPS) is 12.9. The minimum absolute atomic E-state index is 0.251. The summed E-state index contributed by atoms with van der Waals surface area (Å²) in [7, 11) is 1.95. The smallest absolute Gasteiger partial charge is 0.133 e. The summed E-state index contributed by atoms with van der Waals surface area (Å²) < 4.78 is 6.91. The van der Waals surface area contributed by atoms with Gasteiger partial charge in [0.25, 0.3) is 0 Å². The van der Waals surface area contributed by atoms with E-state index in [0.29, 0.717) is 6.54 Å². The minimum Gasteiger partial charge on any atom is -0.361 e.